The van der Waals surface area contributed by atoms with Gasteiger partial charge < -0.3 is 10.1 Å². The number of nitrogens with zero attached hydrogens (tertiary/aromatic N) is 1. The van der Waals surface area contributed by atoms with Crippen molar-refractivity contribution in [2.45, 2.75) is 37.7 Å². The molecule has 1 saturated carbocycles. The number of hydrogen-bond donors (Lipinski definition) is 1. The number of benzene rings is 2. The zero-order valence-electron chi connectivity index (χ0n) is 14.8. The van der Waals surface area contributed by atoms with Crippen molar-refractivity contribution in [1.29, 1.82) is 0 Å². The van der Waals surface area contributed by atoms with Gasteiger partial charge in [-0.1, -0.05) is 6.07 Å². The molecule has 0 unspecified atom stereocenters. The van der Waals surface area contributed by atoms with Crippen molar-refractivity contribution in [1.82, 2.24) is 10.3 Å². The van der Waals surface area contributed by atoms with Crippen molar-refractivity contribution in [3.05, 3.63) is 71.8 Å². The van der Waals surface area contributed by atoms with E-state index >= 15 is 0 Å². The van der Waals surface area contributed by atoms with Gasteiger partial charge in [-0.15, -0.1) is 0 Å². The third-order valence-electron chi connectivity index (χ3n) is 5.00. The van der Waals surface area contributed by atoms with E-state index in [-0.39, 0.29) is 23.7 Å². The molecule has 28 heavy (non-hydrogen) atoms. The smallest absolute Gasteiger partial charge is 0.416 e. The molecule has 1 aliphatic rings. The number of aromatic nitrogens is 1. The first-order valence-corrected chi connectivity index (χ1v) is 8.98. The lowest BCUT2D eigenvalue weighted by Crippen LogP contribution is -2.46. The van der Waals surface area contributed by atoms with Gasteiger partial charge in [0, 0.05) is 35.9 Å². The number of ether oxygens (including phenoxy) is 1. The third kappa shape index (κ3) is 3.94. The number of hydrogen-bond acceptors (Lipinski definition) is 3. The maximum Gasteiger partial charge on any atom is 0.416 e. The van der Waals surface area contributed by atoms with Crippen molar-refractivity contribution >= 4 is 10.8 Å². The Balaban J connectivity index is 1.33. The summed E-state index contributed by atoms with van der Waals surface area (Å²) in [6, 6.07) is 9.94. The molecule has 7 heteroatoms. The predicted molar refractivity (Wildman–Crippen MR) is 97.4 cm³/mol. The van der Waals surface area contributed by atoms with Crippen molar-refractivity contribution in [3.8, 4) is 5.75 Å². The average molecular weight is 390 g/mol. The monoisotopic (exact) mass is 390 g/mol. The zero-order chi connectivity index (χ0) is 19.7. The van der Waals surface area contributed by atoms with Crippen molar-refractivity contribution in [2.24, 2.45) is 0 Å². The highest BCUT2D eigenvalue weighted by Gasteiger charge is 2.33. The first kappa shape index (κ1) is 18.7. The summed E-state index contributed by atoms with van der Waals surface area (Å²) in [6.45, 7) is 0.369. The summed E-state index contributed by atoms with van der Waals surface area (Å²) in [5.74, 6) is -0.0619. The highest BCUT2D eigenvalue weighted by atomic mass is 19.4. The van der Waals surface area contributed by atoms with Gasteiger partial charge in [-0.25, -0.2) is 4.39 Å². The van der Waals surface area contributed by atoms with Crippen LogP contribution >= 0.6 is 0 Å². The van der Waals surface area contributed by atoms with E-state index in [0.29, 0.717) is 24.9 Å². The Labute approximate surface area is 159 Å². The van der Waals surface area contributed by atoms with Crippen LogP contribution in [-0.4, -0.2) is 17.1 Å². The van der Waals surface area contributed by atoms with E-state index in [4.69, 9.17) is 4.74 Å². The molecule has 0 aliphatic heterocycles. The SMILES string of the molecule is Fc1ccc2cnccc2c1CNC1CC(Oc2cccc(C(F)(F)F)c2)C1. The zero-order valence-corrected chi connectivity index (χ0v) is 14.8. The van der Waals surface area contributed by atoms with Gasteiger partial charge in [0.2, 0.25) is 0 Å². The first-order chi connectivity index (χ1) is 13.4. The summed E-state index contributed by atoms with van der Waals surface area (Å²) >= 11 is 0. The van der Waals surface area contributed by atoms with E-state index < -0.39 is 11.7 Å². The molecule has 1 aromatic heterocycles. The maximum atomic E-state index is 14.2. The Morgan fingerprint density at radius 1 is 1.11 bits per heavy atom. The summed E-state index contributed by atoms with van der Waals surface area (Å²) in [5, 5.41) is 4.99. The van der Waals surface area contributed by atoms with Crippen molar-refractivity contribution in [2.75, 3.05) is 0 Å². The molecule has 0 bridgehead atoms. The number of pyridine rings is 1. The fraction of sp³-hybridized carbons (Fsp3) is 0.286. The molecule has 3 nitrogen and oxygen atoms in total. The second-order valence-electron chi connectivity index (χ2n) is 6.94. The van der Waals surface area contributed by atoms with Crippen LogP contribution in [0.1, 0.15) is 24.0 Å². The topological polar surface area (TPSA) is 34.2 Å². The van der Waals surface area contributed by atoms with Gasteiger partial charge in [-0.2, -0.15) is 13.2 Å². The second-order valence-corrected chi connectivity index (χ2v) is 6.94. The Bertz CT molecular complexity index is 984. The van der Waals surface area contributed by atoms with E-state index in [1.54, 1.807) is 24.5 Å². The quantitative estimate of drug-likeness (QED) is 0.616. The first-order valence-electron chi connectivity index (χ1n) is 8.98. The number of halogens is 4. The molecule has 1 N–H and O–H groups in total. The van der Waals surface area contributed by atoms with E-state index in [2.05, 4.69) is 10.3 Å². The number of nitrogens with one attached hydrogen (secondary N) is 1. The van der Waals surface area contributed by atoms with Gasteiger partial charge in [0.1, 0.15) is 17.7 Å². The molecule has 1 heterocycles. The van der Waals surface area contributed by atoms with Gasteiger partial charge in [0.15, 0.2) is 0 Å². The molecule has 0 amide bonds. The van der Waals surface area contributed by atoms with Gasteiger partial charge >= 0.3 is 6.18 Å². The Hall–Kier alpha value is -2.67. The molecule has 0 saturated heterocycles. The van der Waals surface area contributed by atoms with Crippen LogP contribution in [0.15, 0.2) is 54.9 Å². The summed E-state index contributed by atoms with van der Waals surface area (Å²) in [6.07, 6.45) is 0.103. The van der Waals surface area contributed by atoms with Gasteiger partial charge in [0.05, 0.1) is 5.56 Å². The standard InChI is InChI=1S/C21H18F4N2O/c22-20-5-4-13-11-26-7-6-18(13)19(20)12-27-15-9-17(10-15)28-16-3-1-2-14(8-16)21(23,24)25/h1-8,11,15,17,27H,9-10,12H2. The highest BCUT2D eigenvalue weighted by Crippen LogP contribution is 2.33. The summed E-state index contributed by atoms with van der Waals surface area (Å²) in [5.41, 5.74) is -0.137. The van der Waals surface area contributed by atoms with Gasteiger partial charge in [-0.05, 0) is 54.6 Å². The molecule has 0 spiro atoms. The molecule has 1 fully saturated rings. The van der Waals surface area contributed by atoms with E-state index in [1.807, 2.05) is 0 Å². The fourth-order valence-electron chi connectivity index (χ4n) is 3.40. The lowest BCUT2D eigenvalue weighted by atomic mass is 9.89. The normalized spacial score (nSPS) is 19.4. The predicted octanol–water partition coefficient (Wildman–Crippen LogP) is 5.09. The largest absolute Gasteiger partial charge is 0.490 e. The Kier molecular flexibility index (Phi) is 4.93. The number of alkyl halides is 3. The Morgan fingerprint density at radius 3 is 2.71 bits per heavy atom. The molecule has 0 atom stereocenters. The van der Waals surface area contributed by atoms with E-state index in [9.17, 15) is 17.6 Å². The molecule has 146 valence electrons. The fourth-order valence-corrected chi connectivity index (χ4v) is 3.40. The highest BCUT2D eigenvalue weighted by molar-refractivity contribution is 5.84. The summed E-state index contributed by atoms with van der Waals surface area (Å²) in [7, 11) is 0. The van der Waals surface area contributed by atoms with Crippen LogP contribution in [0.25, 0.3) is 10.8 Å². The molecular formula is C21H18F4N2O. The second kappa shape index (κ2) is 7.39. The van der Waals surface area contributed by atoms with Crippen LogP contribution in [0.4, 0.5) is 17.6 Å². The minimum absolute atomic E-state index is 0.132. The molecule has 2 aromatic carbocycles. The van der Waals surface area contributed by atoms with Crippen LogP contribution in [0, 0.1) is 5.82 Å². The van der Waals surface area contributed by atoms with Crippen molar-refractivity contribution in [3.63, 3.8) is 0 Å². The molecule has 0 radical (unpaired) electrons. The van der Waals surface area contributed by atoms with Gasteiger partial charge in [0.25, 0.3) is 0 Å². The number of fused-ring (bicyclic) bond motifs is 1. The van der Waals surface area contributed by atoms with E-state index in [1.165, 1.54) is 18.2 Å². The van der Waals surface area contributed by atoms with Crippen LogP contribution in [0.3, 0.4) is 0 Å². The molecule has 1 aliphatic carbocycles. The Morgan fingerprint density at radius 2 is 1.93 bits per heavy atom. The molecular weight excluding hydrogens is 372 g/mol. The maximum absolute atomic E-state index is 14.2. The minimum Gasteiger partial charge on any atom is -0.490 e. The van der Waals surface area contributed by atoms with Gasteiger partial charge in [-0.3, -0.25) is 4.98 Å². The lowest BCUT2D eigenvalue weighted by Gasteiger charge is -2.36. The number of rotatable bonds is 5. The van der Waals surface area contributed by atoms with E-state index in [0.717, 1.165) is 22.9 Å². The van der Waals surface area contributed by atoms with Crippen molar-refractivity contribution < 1.29 is 22.3 Å². The minimum atomic E-state index is -4.39. The van der Waals surface area contributed by atoms with Crippen LogP contribution in [0.2, 0.25) is 0 Å². The molecule has 3 aromatic rings. The molecule has 4 rings (SSSR count). The van der Waals surface area contributed by atoms with Crippen LogP contribution < -0.4 is 10.1 Å². The third-order valence-corrected chi connectivity index (χ3v) is 5.00. The van der Waals surface area contributed by atoms with Crippen LogP contribution in [-0.2, 0) is 12.7 Å². The lowest BCUT2D eigenvalue weighted by molar-refractivity contribution is -0.137. The summed E-state index contributed by atoms with van der Waals surface area (Å²) < 4.78 is 58.2. The summed E-state index contributed by atoms with van der Waals surface area (Å²) in [4.78, 5) is 4.05. The average Bonchev–Trinajstić information content (AvgIpc) is 2.64. The van der Waals surface area contributed by atoms with Crippen LogP contribution in [0.5, 0.6) is 5.75 Å².